The van der Waals surface area contributed by atoms with Gasteiger partial charge in [0.05, 0.1) is 37.2 Å². The van der Waals surface area contributed by atoms with Crippen molar-refractivity contribution in [3.05, 3.63) is 87.1 Å². The van der Waals surface area contributed by atoms with Gasteiger partial charge in [-0.15, -0.1) is 16.4 Å². The van der Waals surface area contributed by atoms with Crippen LogP contribution < -0.4 is 15.8 Å². The van der Waals surface area contributed by atoms with Crippen molar-refractivity contribution in [3.8, 4) is 16.5 Å². The fraction of sp³-hybridized carbons (Fsp3) is 0.273. The van der Waals surface area contributed by atoms with Crippen LogP contribution in [0.5, 0.6) is 5.75 Å². The predicted octanol–water partition coefficient (Wildman–Crippen LogP) is 4.81. The topological polar surface area (TPSA) is 164 Å². The molecule has 0 spiro atoms. The summed E-state index contributed by atoms with van der Waals surface area (Å²) in [5.74, 6) is -1.10. The Bertz CT molecular complexity index is 2410. The quantitative estimate of drug-likeness (QED) is 0.232. The SMILES string of the molecule is CCc1c(N2CCN(C(=O)c3ncnc(C)c3O)CC2)c(=O)n2nc(-c3cc4ccncc4s3)nc2n1CC(=O)Nc1ccc(C(F)(F)F)cc1Cl. The molecule has 0 bridgehead atoms. The fourth-order valence-electron chi connectivity index (χ4n) is 6.06. The average molecular weight is 753 g/mol. The maximum absolute atomic E-state index is 14.3. The Hall–Kier alpha value is -5.62. The maximum Gasteiger partial charge on any atom is 0.416 e. The summed E-state index contributed by atoms with van der Waals surface area (Å²) in [6.07, 6.45) is 0.227. The number of benzene rings is 1. The lowest BCUT2D eigenvalue weighted by atomic mass is 10.2. The van der Waals surface area contributed by atoms with E-state index in [1.54, 1.807) is 23.9 Å². The van der Waals surface area contributed by atoms with Crippen molar-refractivity contribution in [2.45, 2.75) is 33.0 Å². The van der Waals surface area contributed by atoms with Gasteiger partial charge in [-0.1, -0.05) is 18.5 Å². The van der Waals surface area contributed by atoms with Gasteiger partial charge in [-0.3, -0.25) is 19.4 Å². The molecule has 0 atom stereocenters. The van der Waals surface area contributed by atoms with Crippen LogP contribution >= 0.6 is 22.9 Å². The van der Waals surface area contributed by atoms with E-state index in [9.17, 15) is 32.7 Å². The van der Waals surface area contributed by atoms with Crippen LogP contribution in [0.4, 0.5) is 24.5 Å². The third kappa shape index (κ3) is 6.38. The van der Waals surface area contributed by atoms with E-state index in [0.717, 1.165) is 32.8 Å². The molecule has 268 valence electrons. The van der Waals surface area contributed by atoms with E-state index < -0.39 is 35.7 Å². The highest BCUT2D eigenvalue weighted by molar-refractivity contribution is 7.22. The van der Waals surface area contributed by atoms with Crippen LogP contribution in [0.2, 0.25) is 5.02 Å². The van der Waals surface area contributed by atoms with E-state index in [2.05, 4.69) is 25.4 Å². The summed E-state index contributed by atoms with van der Waals surface area (Å²) >= 11 is 7.51. The van der Waals surface area contributed by atoms with Crippen molar-refractivity contribution in [1.82, 2.24) is 39.0 Å². The molecule has 0 radical (unpaired) electrons. The number of nitrogens with one attached hydrogen (secondary N) is 1. The zero-order chi connectivity index (χ0) is 36.9. The van der Waals surface area contributed by atoms with E-state index >= 15 is 0 Å². The summed E-state index contributed by atoms with van der Waals surface area (Å²) < 4.78 is 43.2. The van der Waals surface area contributed by atoms with E-state index in [1.165, 1.54) is 22.6 Å². The first kappa shape index (κ1) is 34.8. The summed E-state index contributed by atoms with van der Waals surface area (Å²) in [6, 6.07) is 6.33. The van der Waals surface area contributed by atoms with Crippen LogP contribution in [0.15, 0.2) is 53.8 Å². The minimum absolute atomic E-state index is 0.0262. The summed E-state index contributed by atoms with van der Waals surface area (Å²) in [5.41, 5.74) is -0.627. The van der Waals surface area contributed by atoms with Crippen molar-refractivity contribution in [2.75, 3.05) is 36.4 Å². The first-order chi connectivity index (χ1) is 24.8. The van der Waals surface area contributed by atoms with Gasteiger partial charge in [-0.25, -0.2) is 9.97 Å². The van der Waals surface area contributed by atoms with E-state index in [0.29, 0.717) is 10.6 Å². The number of amides is 2. The molecule has 1 aromatic carbocycles. The van der Waals surface area contributed by atoms with Gasteiger partial charge >= 0.3 is 6.18 Å². The summed E-state index contributed by atoms with van der Waals surface area (Å²) in [6.45, 7) is 3.81. The van der Waals surface area contributed by atoms with Crippen molar-refractivity contribution in [1.29, 1.82) is 0 Å². The summed E-state index contributed by atoms with van der Waals surface area (Å²) in [5, 5.41) is 18.1. The van der Waals surface area contributed by atoms with Gasteiger partial charge in [0.1, 0.15) is 18.6 Å². The molecule has 6 heterocycles. The molecule has 7 rings (SSSR count). The summed E-state index contributed by atoms with van der Waals surface area (Å²) in [4.78, 5) is 61.8. The predicted molar refractivity (Wildman–Crippen MR) is 187 cm³/mol. The highest BCUT2D eigenvalue weighted by Crippen LogP contribution is 2.35. The number of halogens is 4. The molecule has 1 aliphatic heterocycles. The van der Waals surface area contributed by atoms with Gasteiger partial charge in [0.15, 0.2) is 17.3 Å². The van der Waals surface area contributed by atoms with Crippen molar-refractivity contribution < 1.29 is 27.9 Å². The molecule has 19 heteroatoms. The maximum atomic E-state index is 14.3. The second-order valence-corrected chi connectivity index (χ2v) is 13.4. The van der Waals surface area contributed by atoms with E-state index in [-0.39, 0.29) is 77.7 Å². The van der Waals surface area contributed by atoms with Gasteiger partial charge in [0.2, 0.25) is 11.7 Å². The number of aromatic hydroxyl groups is 1. The average Bonchev–Trinajstić information content (AvgIpc) is 3.76. The van der Waals surface area contributed by atoms with Crippen molar-refractivity contribution in [2.24, 2.45) is 0 Å². The second kappa shape index (κ2) is 13.5. The Labute approximate surface area is 301 Å². The van der Waals surface area contributed by atoms with Gasteiger partial charge in [0, 0.05) is 38.6 Å². The molecule has 1 aliphatic rings. The number of fused-ring (bicyclic) bond motifs is 2. The fourth-order valence-corrected chi connectivity index (χ4v) is 7.25. The number of hydrogen-bond acceptors (Lipinski definition) is 11. The minimum Gasteiger partial charge on any atom is -0.504 e. The zero-order valence-electron chi connectivity index (χ0n) is 27.5. The Morgan fingerprint density at radius 3 is 2.56 bits per heavy atom. The molecule has 2 N–H and O–H groups in total. The van der Waals surface area contributed by atoms with Crippen molar-refractivity contribution >= 4 is 62.0 Å². The Balaban J connectivity index is 1.26. The van der Waals surface area contributed by atoms with Crippen LogP contribution in [0.1, 0.15) is 34.4 Å². The molecule has 1 saturated heterocycles. The second-order valence-electron chi connectivity index (χ2n) is 11.9. The van der Waals surface area contributed by atoms with E-state index in [4.69, 9.17) is 16.6 Å². The standard InChI is InChI=1S/C33H28ClF3N10O4S/c1-3-22-27(44-8-10-45(11-9-44)30(50)26-28(49)17(2)39-16-40-26)31(51)47-32(42-29(43-47)23-12-18-6-7-38-14-24(18)52-23)46(22)15-25(48)41-21-5-4-19(13-20(21)34)33(35,36)37/h4-7,12-14,16,49H,3,8-11,15H2,1-2H3,(H,41,48). The number of hydrogen-bond donors (Lipinski definition) is 2. The van der Waals surface area contributed by atoms with Crippen LogP contribution in [-0.2, 0) is 23.9 Å². The number of piperazine rings is 1. The van der Waals surface area contributed by atoms with Crippen LogP contribution in [0.3, 0.4) is 0 Å². The van der Waals surface area contributed by atoms with Gasteiger partial charge < -0.3 is 24.8 Å². The molecule has 2 amide bonds. The molecule has 0 saturated carbocycles. The number of carbonyl (C=O) groups is 2. The zero-order valence-corrected chi connectivity index (χ0v) is 29.1. The van der Waals surface area contributed by atoms with Crippen molar-refractivity contribution in [3.63, 3.8) is 0 Å². The number of aromatic nitrogens is 7. The van der Waals surface area contributed by atoms with Gasteiger partial charge in [0.25, 0.3) is 11.5 Å². The third-order valence-electron chi connectivity index (χ3n) is 8.67. The number of nitrogens with zero attached hydrogens (tertiary/aromatic N) is 9. The lowest BCUT2D eigenvalue weighted by molar-refractivity contribution is -0.137. The lowest BCUT2D eigenvalue weighted by Gasteiger charge is -2.36. The highest BCUT2D eigenvalue weighted by Gasteiger charge is 2.32. The smallest absolute Gasteiger partial charge is 0.416 e. The largest absolute Gasteiger partial charge is 0.504 e. The third-order valence-corrected chi connectivity index (χ3v) is 10.1. The number of aryl methyl sites for hydroxylation is 1. The molecule has 52 heavy (non-hydrogen) atoms. The minimum atomic E-state index is -4.62. The molecule has 1 fully saturated rings. The molecular formula is C33H28ClF3N10O4S. The molecule has 14 nitrogen and oxygen atoms in total. The Morgan fingerprint density at radius 2 is 1.87 bits per heavy atom. The first-order valence-electron chi connectivity index (χ1n) is 15.9. The summed E-state index contributed by atoms with van der Waals surface area (Å²) in [7, 11) is 0. The molecular weight excluding hydrogens is 725 g/mol. The van der Waals surface area contributed by atoms with Gasteiger partial charge in [-0.05, 0) is 49.1 Å². The number of carbonyl (C=O) groups excluding carboxylic acids is 2. The molecule has 0 unspecified atom stereocenters. The number of rotatable bonds is 7. The number of anilines is 2. The molecule has 5 aromatic heterocycles. The Morgan fingerprint density at radius 1 is 1.10 bits per heavy atom. The number of thiophene rings is 1. The molecule has 0 aliphatic carbocycles. The van der Waals surface area contributed by atoms with Crippen LogP contribution in [0, 0.1) is 6.92 Å². The lowest BCUT2D eigenvalue weighted by Crippen LogP contribution is -2.51. The number of alkyl halides is 3. The van der Waals surface area contributed by atoms with Crippen LogP contribution in [0.25, 0.3) is 26.6 Å². The van der Waals surface area contributed by atoms with Crippen LogP contribution in [-0.4, -0.2) is 82.1 Å². The van der Waals surface area contributed by atoms with Gasteiger partial charge in [-0.2, -0.15) is 22.7 Å². The number of pyridine rings is 1. The first-order valence-corrected chi connectivity index (χ1v) is 17.1. The highest BCUT2D eigenvalue weighted by atomic mass is 35.5. The van der Waals surface area contributed by atoms with E-state index in [1.807, 2.05) is 24.0 Å². The molecule has 6 aromatic rings. The Kier molecular flexibility index (Phi) is 9.04. The monoisotopic (exact) mass is 752 g/mol. The normalized spacial score (nSPS) is 13.7.